The highest BCUT2D eigenvalue weighted by Crippen LogP contribution is 2.36. The van der Waals surface area contributed by atoms with Crippen LogP contribution in [0.2, 0.25) is 0 Å². The molecule has 172 valence electrons. The predicted molar refractivity (Wildman–Crippen MR) is 131 cm³/mol. The Kier molecular flexibility index (Phi) is 5.67. The number of ether oxygens (including phenoxy) is 2. The van der Waals surface area contributed by atoms with Gasteiger partial charge in [-0.05, 0) is 37.1 Å². The number of carbonyl (C=O) groups excluding carboxylic acids is 2. The Morgan fingerprint density at radius 3 is 2.59 bits per heavy atom. The first kappa shape index (κ1) is 21.6. The molecule has 5 rings (SSSR count). The summed E-state index contributed by atoms with van der Waals surface area (Å²) in [7, 11) is 1.53. The van der Waals surface area contributed by atoms with E-state index in [0.29, 0.717) is 23.4 Å². The fourth-order valence-electron chi connectivity index (χ4n) is 4.14. The summed E-state index contributed by atoms with van der Waals surface area (Å²) in [6.07, 6.45) is 1.63. The van der Waals surface area contributed by atoms with Crippen LogP contribution in [0.5, 0.6) is 5.75 Å². The number of aromatic nitrogens is 1. The number of benzene rings is 3. The highest BCUT2D eigenvalue weighted by atomic mass is 16.5. The fourth-order valence-corrected chi connectivity index (χ4v) is 4.14. The summed E-state index contributed by atoms with van der Waals surface area (Å²) < 4.78 is 16.8. The monoisotopic (exact) mass is 456 g/mol. The van der Waals surface area contributed by atoms with E-state index in [1.54, 1.807) is 13.0 Å². The van der Waals surface area contributed by atoms with Crippen LogP contribution < -0.4 is 10.1 Å². The second kappa shape index (κ2) is 8.94. The van der Waals surface area contributed by atoms with Crippen molar-refractivity contribution in [2.75, 3.05) is 12.4 Å². The molecule has 0 aliphatic carbocycles. The van der Waals surface area contributed by atoms with Crippen LogP contribution in [-0.2, 0) is 20.7 Å². The van der Waals surface area contributed by atoms with E-state index in [1.165, 1.54) is 7.11 Å². The van der Waals surface area contributed by atoms with Crippen molar-refractivity contribution in [3.05, 3.63) is 72.4 Å². The molecule has 0 fully saturated rings. The van der Waals surface area contributed by atoms with Crippen LogP contribution in [0.15, 0.2) is 71.3 Å². The average molecular weight is 456 g/mol. The Morgan fingerprint density at radius 1 is 1.00 bits per heavy atom. The number of rotatable bonds is 7. The molecule has 0 saturated carbocycles. The number of nitrogens with one attached hydrogen (secondary N) is 2. The van der Waals surface area contributed by atoms with Gasteiger partial charge in [-0.2, -0.15) is 0 Å². The topological polar surface area (TPSA) is 93.6 Å². The summed E-state index contributed by atoms with van der Waals surface area (Å²) in [5, 5.41) is 5.72. The van der Waals surface area contributed by atoms with E-state index in [1.807, 2.05) is 60.8 Å². The van der Waals surface area contributed by atoms with Crippen molar-refractivity contribution in [3.63, 3.8) is 0 Å². The van der Waals surface area contributed by atoms with Crippen molar-refractivity contribution in [1.82, 2.24) is 4.98 Å². The molecule has 0 spiro atoms. The summed E-state index contributed by atoms with van der Waals surface area (Å²) in [6.45, 7) is 1.55. The van der Waals surface area contributed by atoms with Gasteiger partial charge in [0.2, 0.25) is 0 Å². The van der Waals surface area contributed by atoms with Crippen LogP contribution >= 0.6 is 0 Å². The fraction of sp³-hybridized carbons (Fsp3) is 0.185. The summed E-state index contributed by atoms with van der Waals surface area (Å²) >= 11 is 0. The zero-order valence-electron chi connectivity index (χ0n) is 18.9. The van der Waals surface area contributed by atoms with Crippen LogP contribution in [0.25, 0.3) is 32.8 Å². The highest BCUT2D eigenvalue weighted by Gasteiger charge is 2.21. The van der Waals surface area contributed by atoms with Crippen LogP contribution in [0.3, 0.4) is 0 Å². The normalized spacial score (nSPS) is 12.2. The number of furan rings is 1. The zero-order valence-corrected chi connectivity index (χ0v) is 18.9. The minimum Gasteiger partial charge on any atom is -0.495 e. The maximum atomic E-state index is 12.8. The third-order valence-corrected chi connectivity index (χ3v) is 5.91. The molecule has 1 unspecified atom stereocenters. The Bertz CT molecular complexity index is 1510. The second-order valence-electron chi connectivity index (χ2n) is 8.13. The quantitative estimate of drug-likeness (QED) is 0.312. The number of fused-ring (bicyclic) bond motifs is 4. The van der Waals surface area contributed by atoms with Gasteiger partial charge in [-0.25, -0.2) is 0 Å². The number of anilines is 1. The third-order valence-electron chi connectivity index (χ3n) is 5.91. The van der Waals surface area contributed by atoms with E-state index in [2.05, 4.69) is 10.3 Å². The van der Waals surface area contributed by atoms with Gasteiger partial charge in [0.15, 0.2) is 6.10 Å². The van der Waals surface area contributed by atoms with Crippen molar-refractivity contribution in [2.45, 2.75) is 25.9 Å². The number of hydrogen-bond acceptors (Lipinski definition) is 5. The van der Waals surface area contributed by atoms with E-state index >= 15 is 0 Å². The lowest BCUT2D eigenvalue weighted by Crippen LogP contribution is -2.30. The second-order valence-corrected chi connectivity index (χ2v) is 8.13. The minimum absolute atomic E-state index is 0.174. The van der Waals surface area contributed by atoms with E-state index in [9.17, 15) is 9.59 Å². The molecule has 5 aromatic rings. The van der Waals surface area contributed by atoms with Gasteiger partial charge in [0.1, 0.15) is 16.9 Å². The number of methoxy groups -OCH3 is 1. The van der Waals surface area contributed by atoms with Gasteiger partial charge < -0.3 is 24.2 Å². The third kappa shape index (κ3) is 4.08. The Hall–Kier alpha value is -4.26. The molecular weight excluding hydrogens is 432 g/mol. The van der Waals surface area contributed by atoms with Crippen LogP contribution in [0.4, 0.5) is 5.69 Å². The summed E-state index contributed by atoms with van der Waals surface area (Å²) in [5.41, 5.74) is 3.88. The first-order valence-corrected chi connectivity index (χ1v) is 11.1. The molecule has 7 nitrogen and oxygen atoms in total. The van der Waals surface area contributed by atoms with Crippen molar-refractivity contribution in [1.29, 1.82) is 0 Å². The van der Waals surface area contributed by atoms with Gasteiger partial charge in [-0.3, -0.25) is 9.59 Å². The molecule has 0 bridgehead atoms. The van der Waals surface area contributed by atoms with Crippen molar-refractivity contribution in [2.24, 2.45) is 0 Å². The lowest BCUT2D eigenvalue weighted by Gasteiger charge is -2.15. The zero-order chi connectivity index (χ0) is 23.7. The minimum atomic E-state index is -0.966. The summed E-state index contributed by atoms with van der Waals surface area (Å²) in [6, 6.07) is 19.2. The largest absolute Gasteiger partial charge is 0.495 e. The number of carbonyl (C=O) groups is 2. The maximum Gasteiger partial charge on any atom is 0.306 e. The number of para-hydroxylation sites is 2. The Balaban J connectivity index is 1.25. The molecule has 3 aromatic carbocycles. The lowest BCUT2D eigenvalue weighted by atomic mass is 10.1. The molecule has 7 heteroatoms. The number of esters is 1. The molecule has 2 N–H and O–H groups in total. The molecule has 2 heterocycles. The standard InChI is InChI=1S/C27H24N2O5/c1-16(33-26(30)12-11-17-15-28-21-9-5-3-7-18(17)21)27(31)29-22-14-24-20(13-25(22)32-2)19-8-4-6-10-23(19)34-24/h3-10,13-16,28H,11-12H2,1-2H3,(H,29,31). The van der Waals surface area contributed by atoms with Gasteiger partial charge in [0.05, 0.1) is 12.8 Å². The predicted octanol–water partition coefficient (Wildman–Crippen LogP) is 5.58. The van der Waals surface area contributed by atoms with Crippen LogP contribution in [0, 0.1) is 0 Å². The molecule has 2 aromatic heterocycles. The number of H-pyrrole nitrogens is 1. The van der Waals surface area contributed by atoms with Crippen molar-refractivity contribution in [3.8, 4) is 5.75 Å². The Morgan fingerprint density at radius 2 is 1.76 bits per heavy atom. The number of amides is 1. The molecule has 0 aliphatic rings. The van der Waals surface area contributed by atoms with Crippen molar-refractivity contribution >= 4 is 50.4 Å². The number of aryl methyl sites for hydroxylation is 1. The van der Waals surface area contributed by atoms with E-state index in [-0.39, 0.29) is 6.42 Å². The van der Waals surface area contributed by atoms with Gasteiger partial charge in [-0.15, -0.1) is 0 Å². The van der Waals surface area contributed by atoms with Crippen molar-refractivity contribution < 1.29 is 23.5 Å². The maximum absolute atomic E-state index is 12.8. The molecular formula is C27H24N2O5. The number of hydrogen-bond donors (Lipinski definition) is 2. The first-order valence-electron chi connectivity index (χ1n) is 11.1. The van der Waals surface area contributed by atoms with E-state index < -0.39 is 18.0 Å². The van der Waals surface area contributed by atoms with Gasteiger partial charge in [-0.1, -0.05) is 36.4 Å². The molecule has 34 heavy (non-hydrogen) atoms. The van der Waals surface area contributed by atoms with Gasteiger partial charge in [0.25, 0.3) is 5.91 Å². The van der Waals surface area contributed by atoms with Gasteiger partial charge >= 0.3 is 5.97 Å². The van der Waals surface area contributed by atoms with Crippen LogP contribution in [0.1, 0.15) is 18.9 Å². The molecule has 0 saturated heterocycles. The SMILES string of the molecule is COc1cc2c(cc1NC(=O)C(C)OC(=O)CCc1c[nH]c3ccccc13)oc1ccccc12. The molecule has 1 atom stereocenters. The highest BCUT2D eigenvalue weighted by molar-refractivity contribution is 6.08. The van der Waals surface area contributed by atoms with E-state index in [0.717, 1.165) is 32.8 Å². The average Bonchev–Trinajstić information content (AvgIpc) is 3.42. The molecule has 0 radical (unpaired) electrons. The first-order chi connectivity index (χ1) is 16.5. The van der Waals surface area contributed by atoms with Gasteiger partial charge in [0, 0.05) is 40.4 Å². The molecule has 1 amide bonds. The summed E-state index contributed by atoms with van der Waals surface area (Å²) in [5.74, 6) is -0.396. The molecule has 0 aliphatic heterocycles. The van der Waals surface area contributed by atoms with Crippen LogP contribution in [-0.4, -0.2) is 30.1 Å². The lowest BCUT2D eigenvalue weighted by molar-refractivity contribution is -0.153. The summed E-state index contributed by atoms with van der Waals surface area (Å²) in [4.78, 5) is 28.3. The van der Waals surface area contributed by atoms with E-state index in [4.69, 9.17) is 13.9 Å². The number of aromatic amines is 1. The Labute approximate surface area is 195 Å². The smallest absolute Gasteiger partial charge is 0.306 e.